The maximum absolute atomic E-state index is 5.91. The van der Waals surface area contributed by atoms with E-state index >= 15 is 0 Å². The molecule has 1 aliphatic heterocycles. The first-order valence-corrected chi connectivity index (χ1v) is 5.87. The Morgan fingerprint density at radius 1 is 1.67 bits per heavy atom. The number of nitrogens with zero attached hydrogens (tertiary/aromatic N) is 1. The van der Waals surface area contributed by atoms with Gasteiger partial charge in [0.25, 0.3) is 0 Å². The number of aromatic nitrogens is 1. The van der Waals surface area contributed by atoms with Gasteiger partial charge in [-0.1, -0.05) is 6.92 Å². The smallest absolute Gasteiger partial charge is 0.212 e. The molecule has 15 heavy (non-hydrogen) atoms. The van der Waals surface area contributed by atoms with Crippen molar-refractivity contribution in [1.82, 2.24) is 4.98 Å². The van der Waals surface area contributed by atoms with Crippen LogP contribution in [0, 0.1) is 0 Å². The molecule has 0 aliphatic carbocycles. The molecular weight excluding hydrogens is 214 g/mol. The van der Waals surface area contributed by atoms with Crippen molar-refractivity contribution >= 4 is 11.6 Å². The predicted molar refractivity (Wildman–Crippen MR) is 58.2 cm³/mol. The third-order valence-corrected chi connectivity index (χ3v) is 3.05. The zero-order chi connectivity index (χ0) is 10.8. The Bertz CT molecular complexity index is 324. The Labute approximate surface area is 94.8 Å². The Balaban J connectivity index is 2.14. The van der Waals surface area contributed by atoms with E-state index in [0.29, 0.717) is 11.8 Å². The monoisotopic (exact) mass is 229 g/mol. The lowest BCUT2D eigenvalue weighted by molar-refractivity contribution is 0.0971. The number of rotatable bonds is 3. The second-order valence-electron chi connectivity index (χ2n) is 3.93. The van der Waals surface area contributed by atoms with E-state index < -0.39 is 0 Å². The van der Waals surface area contributed by atoms with Crippen molar-refractivity contribution in [2.45, 2.75) is 44.1 Å². The summed E-state index contributed by atoms with van der Waals surface area (Å²) < 4.78 is 11.3. The van der Waals surface area contributed by atoms with Gasteiger partial charge in [-0.25, -0.2) is 4.98 Å². The van der Waals surface area contributed by atoms with Crippen LogP contribution in [0.15, 0.2) is 10.6 Å². The van der Waals surface area contributed by atoms with Crippen molar-refractivity contribution in [1.29, 1.82) is 0 Å². The molecule has 1 saturated heterocycles. The van der Waals surface area contributed by atoms with Crippen LogP contribution in [0.3, 0.4) is 0 Å². The Morgan fingerprint density at radius 2 is 2.47 bits per heavy atom. The molecule has 3 atom stereocenters. The van der Waals surface area contributed by atoms with E-state index in [1.165, 1.54) is 0 Å². The zero-order valence-corrected chi connectivity index (χ0v) is 9.83. The standard InChI is InChI=1S/C11H16ClNO2/c1-3-9-8(4-5-14-9)10-6-13-11(15-10)7(2)12/h6-9H,3-5H2,1-2H3. The van der Waals surface area contributed by atoms with E-state index in [2.05, 4.69) is 11.9 Å². The van der Waals surface area contributed by atoms with Gasteiger partial charge in [-0.15, -0.1) is 11.6 Å². The highest BCUT2D eigenvalue weighted by atomic mass is 35.5. The minimum Gasteiger partial charge on any atom is -0.444 e. The highest BCUT2D eigenvalue weighted by Gasteiger charge is 2.31. The van der Waals surface area contributed by atoms with Gasteiger partial charge in [-0.05, 0) is 19.8 Å². The molecule has 0 bridgehead atoms. The largest absolute Gasteiger partial charge is 0.444 e. The number of oxazole rings is 1. The summed E-state index contributed by atoms with van der Waals surface area (Å²) in [6, 6.07) is 0. The lowest BCUT2D eigenvalue weighted by Crippen LogP contribution is -2.12. The molecule has 0 amide bonds. The number of halogens is 1. The van der Waals surface area contributed by atoms with Crippen LogP contribution in [0.2, 0.25) is 0 Å². The second-order valence-corrected chi connectivity index (χ2v) is 4.58. The van der Waals surface area contributed by atoms with E-state index in [1.54, 1.807) is 6.20 Å². The fourth-order valence-electron chi connectivity index (χ4n) is 2.03. The summed E-state index contributed by atoms with van der Waals surface area (Å²) in [5.74, 6) is 1.88. The number of ether oxygens (including phenoxy) is 1. The SMILES string of the molecule is CCC1OCCC1c1cnc(C(C)Cl)o1. The van der Waals surface area contributed by atoms with Crippen molar-refractivity contribution in [3.63, 3.8) is 0 Å². The summed E-state index contributed by atoms with van der Waals surface area (Å²) in [4.78, 5) is 4.17. The van der Waals surface area contributed by atoms with Crippen LogP contribution in [-0.2, 0) is 4.74 Å². The molecule has 0 spiro atoms. The zero-order valence-electron chi connectivity index (χ0n) is 9.07. The fourth-order valence-corrected chi connectivity index (χ4v) is 2.13. The topological polar surface area (TPSA) is 35.3 Å². The second kappa shape index (κ2) is 4.54. The molecule has 0 saturated carbocycles. The van der Waals surface area contributed by atoms with E-state index in [-0.39, 0.29) is 11.5 Å². The molecule has 2 heterocycles. The van der Waals surface area contributed by atoms with Gasteiger partial charge < -0.3 is 9.15 Å². The van der Waals surface area contributed by atoms with Crippen LogP contribution in [0.25, 0.3) is 0 Å². The normalized spacial score (nSPS) is 28.2. The summed E-state index contributed by atoms with van der Waals surface area (Å²) in [5, 5.41) is -0.166. The maximum Gasteiger partial charge on any atom is 0.212 e. The van der Waals surface area contributed by atoms with Crippen molar-refractivity contribution in [2.24, 2.45) is 0 Å². The van der Waals surface area contributed by atoms with Crippen LogP contribution in [-0.4, -0.2) is 17.7 Å². The molecule has 1 fully saturated rings. The molecule has 0 aromatic carbocycles. The van der Waals surface area contributed by atoms with Crippen LogP contribution in [0.5, 0.6) is 0 Å². The van der Waals surface area contributed by atoms with Crippen molar-refractivity contribution in [2.75, 3.05) is 6.61 Å². The number of hydrogen-bond acceptors (Lipinski definition) is 3. The fraction of sp³-hybridized carbons (Fsp3) is 0.727. The van der Waals surface area contributed by atoms with Gasteiger partial charge in [-0.2, -0.15) is 0 Å². The first-order valence-electron chi connectivity index (χ1n) is 5.43. The van der Waals surface area contributed by atoms with Gasteiger partial charge in [0.15, 0.2) is 0 Å². The average Bonchev–Trinajstić information content (AvgIpc) is 2.85. The molecule has 84 valence electrons. The van der Waals surface area contributed by atoms with Gasteiger partial charge in [0, 0.05) is 12.5 Å². The molecule has 3 nitrogen and oxygen atoms in total. The highest BCUT2D eigenvalue weighted by molar-refractivity contribution is 6.20. The predicted octanol–water partition coefficient (Wildman–Crippen LogP) is 3.26. The van der Waals surface area contributed by atoms with E-state index in [0.717, 1.165) is 25.2 Å². The molecule has 1 aliphatic rings. The third kappa shape index (κ3) is 2.18. The van der Waals surface area contributed by atoms with Crippen molar-refractivity contribution in [3.8, 4) is 0 Å². The van der Waals surface area contributed by atoms with Crippen LogP contribution in [0.1, 0.15) is 49.6 Å². The molecule has 0 N–H and O–H groups in total. The van der Waals surface area contributed by atoms with Crippen LogP contribution in [0.4, 0.5) is 0 Å². The average molecular weight is 230 g/mol. The summed E-state index contributed by atoms with van der Waals surface area (Å²) in [5.41, 5.74) is 0. The van der Waals surface area contributed by atoms with Gasteiger partial charge >= 0.3 is 0 Å². The Hall–Kier alpha value is -0.540. The summed E-state index contributed by atoms with van der Waals surface area (Å²) >= 11 is 5.91. The first-order chi connectivity index (χ1) is 7.22. The summed E-state index contributed by atoms with van der Waals surface area (Å²) in [6.07, 6.45) is 4.09. The summed E-state index contributed by atoms with van der Waals surface area (Å²) in [6.45, 7) is 4.81. The molecular formula is C11H16ClNO2. The number of hydrogen-bond donors (Lipinski definition) is 0. The molecule has 4 heteroatoms. The third-order valence-electron chi connectivity index (χ3n) is 2.86. The van der Waals surface area contributed by atoms with Crippen LogP contribution < -0.4 is 0 Å². The van der Waals surface area contributed by atoms with E-state index in [9.17, 15) is 0 Å². The molecule has 2 rings (SSSR count). The lowest BCUT2D eigenvalue weighted by Gasteiger charge is -2.13. The van der Waals surface area contributed by atoms with Gasteiger partial charge in [-0.3, -0.25) is 0 Å². The Morgan fingerprint density at radius 3 is 3.07 bits per heavy atom. The van der Waals surface area contributed by atoms with Gasteiger partial charge in [0.05, 0.1) is 12.3 Å². The first kappa shape index (κ1) is 11.0. The number of alkyl halides is 1. The van der Waals surface area contributed by atoms with Crippen molar-refractivity contribution < 1.29 is 9.15 Å². The van der Waals surface area contributed by atoms with E-state index in [1.807, 2.05) is 6.92 Å². The minimum atomic E-state index is -0.166. The maximum atomic E-state index is 5.91. The highest BCUT2D eigenvalue weighted by Crippen LogP contribution is 2.34. The van der Waals surface area contributed by atoms with Gasteiger partial charge in [0.1, 0.15) is 11.1 Å². The molecule has 1 aromatic heterocycles. The van der Waals surface area contributed by atoms with E-state index in [4.69, 9.17) is 20.8 Å². The van der Waals surface area contributed by atoms with Crippen molar-refractivity contribution in [3.05, 3.63) is 17.8 Å². The minimum absolute atomic E-state index is 0.166. The van der Waals surface area contributed by atoms with Gasteiger partial charge in [0.2, 0.25) is 5.89 Å². The molecule has 1 aromatic rings. The quantitative estimate of drug-likeness (QED) is 0.747. The molecule has 3 unspecified atom stereocenters. The lowest BCUT2D eigenvalue weighted by atomic mass is 9.97. The Kier molecular flexibility index (Phi) is 3.32. The molecule has 0 radical (unpaired) electrons. The summed E-state index contributed by atoms with van der Waals surface area (Å²) in [7, 11) is 0. The van der Waals surface area contributed by atoms with Crippen LogP contribution >= 0.6 is 11.6 Å².